The van der Waals surface area contributed by atoms with Gasteiger partial charge in [-0.15, -0.1) is 0 Å². The summed E-state index contributed by atoms with van der Waals surface area (Å²) in [5, 5.41) is 13.7. The zero-order valence-corrected chi connectivity index (χ0v) is 10.3. The molecular weight excluding hydrogens is 250 g/mol. The summed E-state index contributed by atoms with van der Waals surface area (Å²) in [5.74, 6) is 0.792. The van der Waals surface area contributed by atoms with Crippen LogP contribution in [0.25, 0.3) is 11.3 Å². The molecule has 0 fully saturated rings. The van der Waals surface area contributed by atoms with E-state index < -0.39 is 4.92 Å². The molecule has 8 nitrogen and oxygen atoms in total. The van der Waals surface area contributed by atoms with Gasteiger partial charge in [-0.2, -0.15) is 0 Å². The third-order valence-corrected chi connectivity index (χ3v) is 2.41. The average Bonchev–Trinajstić information content (AvgIpc) is 2.46. The van der Waals surface area contributed by atoms with E-state index in [1.165, 1.54) is 19.5 Å². The van der Waals surface area contributed by atoms with Crippen LogP contribution in [-0.2, 0) is 0 Å². The van der Waals surface area contributed by atoms with Crippen LogP contribution in [-0.4, -0.2) is 34.0 Å². The van der Waals surface area contributed by atoms with Crippen molar-refractivity contribution in [3.63, 3.8) is 0 Å². The summed E-state index contributed by atoms with van der Waals surface area (Å²) in [6.45, 7) is 0. The normalized spacial score (nSPS) is 10.0. The standard InChI is InChI=1S/C11H11N5O3/c1-12-11-14-6-9(16(17)18)10(15-11)7-3-8(19-2)5-13-4-7/h3-6H,1-2H3,(H,12,14,15). The van der Waals surface area contributed by atoms with Crippen LogP contribution in [0.2, 0.25) is 0 Å². The van der Waals surface area contributed by atoms with E-state index in [-0.39, 0.29) is 11.4 Å². The highest BCUT2D eigenvalue weighted by Crippen LogP contribution is 2.29. The molecule has 0 saturated heterocycles. The van der Waals surface area contributed by atoms with E-state index in [2.05, 4.69) is 20.3 Å². The number of rotatable bonds is 4. The fourth-order valence-corrected chi connectivity index (χ4v) is 1.50. The van der Waals surface area contributed by atoms with Crippen LogP contribution in [0, 0.1) is 10.1 Å². The lowest BCUT2D eigenvalue weighted by atomic mass is 10.2. The largest absolute Gasteiger partial charge is 0.495 e. The van der Waals surface area contributed by atoms with E-state index >= 15 is 0 Å². The van der Waals surface area contributed by atoms with Crippen molar-refractivity contribution in [1.29, 1.82) is 0 Å². The van der Waals surface area contributed by atoms with Crippen molar-refractivity contribution >= 4 is 11.6 Å². The quantitative estimate of drug-likeness (QED) is 0.656. The minimum absolute atomic E-state index is 0.186. The molecule has 0 aliphatic rings. The highest BCUT2D eigenvalue weighted by Gasteiger charge is 2.19. The molecule has 2 aromatic heterocycles. The molecular formula is C11H11N5O3. The maximum Gasteiger partial charge on any atom is 0.313 e. The lowest BCUT2D eigenvalue weighted by Gasteiger charge is -2.05. The van der Waals surface area contributed by atoms with Gasteiger partial charge in [0, 0.05) is 18.8 Å². The first-order valence-electron chi connectivity index (χ1n) is 5.34. The molecule has 0 aromatic carbocycles. The van der Waals surface area contributed by atoms with Gasteiger partial charge in [0.15, 0.2) is 5.69 Å². The molecule has 0 radical (unpaired) electrons. The smallest absolute Gasteiger partial charge is 0.313 e. The predicted octanol–water partition coefficient (Wildman–Crippen LogP) is 1.50. The Balaban J connectivity index is 2.60. The van der Waals surface area contributed by atoms with E-state index in [9.17, 15) is 10.1 Å². The highest BCUT2D eigenvalue weighted by molar-refractivity contribution is 5.70. The van der Waals surface area contributed by atoms with Gasteiger partial charge in [0.2, 0.25) is 5.95 Å². The molecule has 0 aliphatic carbocycles. The lowest BCUT2D eigenvalue weighted by Crippen LogP contribution is -2.02. The van der Waals surface area contributed by atoms with Crippen LogP contribution >= 0.6 is 0 Å². The molecule has 0 atom stereocenters. The van der Waals surface area contributed by atoms with Gasteiger partial charge in [0.05, 0.1) is 18.2 Å². The number of hydrogen-bond donors (Lipinski definition) is 1. The second-order valence-electron chi connectivity index (χ2n) is 3.55. The molecule has 1 N–H and O–H groups in total. The van der Waals surface area contributed by atoms with Gasteiger partial charge in [-0.05, 0) is 6.07 Å². The first kappa shape index (κ1) is 12.7. The molecule has 0 saturated carbocycles. The molecule has 2 aromatic rings. The Bertz CT molecular complexity index is 617. The van der Waals surface area contributed by atoms with Crippen molar-refractivity contribution in [3.8, 4) is 17.0 Å². The van der Waals surface area contributed by atoms with Crippen molar-refractivity contribution in [3.05, 3.63) is 34.8 Å². The summed E-state index contributed by atoms with van der Waals surface area (Å²) in [6, 6.07) is 1.63. The van der Waals surface area contributed by atoms with Gasteiger partial charge >= 0.3 is 5.69 Å². The number of ether oxygens (including phenoxy) is 1. The Morgan fingerprint density at radius 1 is 1.37 bits per heavy atom. The second kappa shape index (κ2) is 5.25. The monoisotopic (exact) mass is 261 g/mol. The van der Waals surface area contributed by atoms with Crippen LogP contribution < -0.4 is 10.1 Å². The number of methoxy groups -OCH3 is 1. The van der Waals surface area contributed by atoms with E-state index in [1.54, 1.807) is 13.1 Å². The Morgan fingerprint density at radius 2 is 2.16 bits per heavy atom. The summed E-state index contributed by atoms with van der Waals surface area (Å²) >= 11 is 0. The Hall–Kier alpha value is -2.77. The number of nitro groups is 1. The van der Waals surface area contributed by atoms with E-state index in [1.807, 2.05) is 0 Å². The van der Waals surface area contributed by atoms with Crippen LogP contribution in [0.4, 0.5) is 11.6 Å². The topological polar surface area (TPSA) is 103 Å². The number of nitrogens with zero attached hydrogens (tertiary/aromatic N) is 4. The first-order chi connectivity index (χ1) is 9.15. The molecule has 2 heterocycles. The van der Waals surface area contributed by atoms with E-state index in [0.29, 0.717) is 17.3 Å². The van der Waals surface area contributed by atoms with Gasteiger partial charge in [0.1, 0.15) is 11.9 Å². The molecule has 8 heteroatoms. The molecule has 0 aliphatic heterocycles. The van der Waals surface area contributed by atoms with Crippen LogP contribution in [0.3, 0.4) is 0 Å². The van der Waals surface area contributed by atoms with Gasteiger partial charge in [-0.1, -0.05) is 0 Å². The van der Waals surface area contributed by atoms with Crippen molar-refractivity contribution in [2.75, 3.05) is 19.5 Å². The van der Waals surface area contributed by atoms with Crippen molar-refractivity contribution in [1.82, 2.24) is 15.0 Å². The van der Waals surface area contributed by atoms with E-state index in [0.717, 1.165) is 6.20 Å². The van der Waals surface area contributed by atoms with Crippen LogP contribution in [0.1, 0.15) is 0 Å². The molecule has 0 amide bonds. The number of hydrogen-bond acceptors (Lipinski definition) is 7. The van der Waals surface area contributed by atoms with Crippen LogP contribution in [0.15, 0.2) is 24.7 Å². The summed E-state index contributed by atoms with van der Waals surface area (Å²) in [5.41, 5.74) is 0.495. The molecule has 0 spiro atoms. The number of nitrogens with one attached hydrogen (secondary N) is 1. The zero-order chi connectivity index (χ0) is 13.8. The summed E-state index contributed by atoms with van der Waals surface area (Å²) in [6.07, 6.45) is 4.15. The van der Waals surface area contributed by atoms with Gasteiger partial charge in [0.25, 0.3) is 0 Å². The fraction of sp³-hybridized carbons (Fsp3) is 0.182. The van der Waals surface area contributed by atoms with Gasteiger partial charge in [-0.3, -0.25) is 15.1 Å². The fourth-order valence-electron chi connectivity index (χ4n) is 1.50. The molecule has 98 valence electrons. The van der Waals surface area contributed by atoms with Gasteiger partial charge in [-0.25, -0.2) is 9.97 Å². The minimum atomic E-state index is -0.533. The zero-order valence-electron chi connectivity index (χ0n) is 10.3. The maximum absolute atomic E-state index is 11.0. The van der Waals surface area contributed by atoms with Crippen molar-refractivity contribution < 1.29 is 9.66 Å². The Morgan fingerprint density at radius 3 is 2.79 bits per heavy atom. The summed E-state index contributed by atoms with van der Waals surface area (Å²) < 4.78 is 5.04. The predicted molar refractivity (Wildman–Crippen MR) is 68.0 cm³/mol. The summed E-state index contributed by atoms with van der Waals surface area (Å²) in [4.78, 5) is 22.4. The maximum atomic E-state index is 11.0. The lowest BCUT2D eigenvalue weighted by molar-refractivity contribution is -0.384. The number of anilines is 1. The third-order valence-electron chi connectivity index (χ3n) is 2.41. The Kier molecular flexibility index (Phi) is 3.51. The van der Waals surface area contributed by atoms with Crippen LogP contribution in [0.5, 0.6) is 5.75 Å². The Labute approximate surface area is 108 Å². The average molecular weight is 261 g/mol. The molecule has 19 heavy (non-hydrogen) atoms. The molecule has 0 bridgehead atoms. The number of pyridine rings is 1. The molecule has 2 rings (SSSR count). The second-order valence-corrected chi connectivity index (χ2v) is 3.55. The first-order valence-corrected chi connectivity index (χ1v) is 5.34. The third kappa shape index (κ3) is 2.57. The summed E-state index contributed by atoms with van der Waals surface area (Å²) in [7, 11) is 3.13. The SMILES string of the molecule is CNc1ncc([N+](=O)[O-])c(-c2cncc(OC)c2)n1. The van der Waals surface area contributed by atoms with Gasteiger partial charge < -0.3 is 10.1 Å². The molecule has 0 unspecified atom stereocenters. The number of aromatic nitrogens is 3. The van der Waals surface area contributed by atoms with Crippen molar-refractivity contribution in [2.45, 2.75) is 0 Å². The minimum Gasteiger partial charge on any atom is -0.495 e. The highest BCUT2D eigenvalue weighted by atomic mass is 16.6. The van der Waals surface area contributed by atoms with E-state index in [4.69, 9.17) is 4.74 Å². The van der Waals surface area contributed by atoms with Crippen molar-refractivity contribution in [2.24, 2.45) is 0 Å².